The van der Waals surface area contributed by atoms with Crippen LogP contribution in [0, 0.1) is 0 Å². The van der Waals surface area contributed by atoms with E-state index in [1.165, 1.54) is 6.20 Å². The number of quaternary nitrogens is 1. The van der Waals surface area contributed by atoms with Crippen molar-refractivity contribution < 1.29 is 9.60 Å². The molecular weight excluding hydrogens is 93.1 g/mol. The zero-order valence-corrected chi connectivity index (χ0v) is 3.89. The van der Waals surface area contributed by atoms with Crippen molar-refractivity contribution in [1.29, 1.82) is 0 Å². The molecule has 0 saturated heterocycles. The molecule has 0 aromatic rings. The zero-order chi connectivity index (χ0) is 5.11. The first kappa shape index (κ1) is 4.53. The molecule has 0 radical (unpaired) electrons. The number of allylic oxidation sites excluding steroid dienone is 2. The molecule has 1 aliphatic rings. The zero-order valence-electron chi connectivity index (χ0n) is 3.89. The Morgan fingerprint density at radius 1 is 1.43 bits per heavy atom. The molecule has 1 atom stereocenters. The number of nitrogens with one attached hydrogen (secondary N) is 1. The molecule has 0 saturated carbocycles. The number of rotatable bonds is 0. The lowest BCUT2D eigenvalue weighted by molar-refractivity contribution is -0.989. The second kappa shape index (κ2) is 1.89. The van der Waals surface area contributed by atoms with E-state index >= 15 is 0 Å². The van der Waals surface area contributed by atoms with Gasteiger partial charge >= 0.3 is 0 Å². The molecule has 1 aliphatic heterocycles. The Morgan fingerprint density at radius 2 is 2.29 bits per heavy atom. The minimum absolute atomic E-state index is 0.0532. The standard InChI is InChI=1S/C5H6FN/c6-7-4-2-1-3-5-7/h1-4H,5H2/p+1. The van der Waals surface area contributed by atoms with Gasteiger partial charge in [-0.1, -0.05) is 6.08 Å². The van der Waals surface area contributed by atoms with Crippen molar-refractivity contribution in [1.82, 2.24) is 0 Å². The summed E-state index contributed by atoms with van der Waals surface area (Å²) in [5.74, 6) is 0. The van der Waals surface area contributed by atoms with E-state index in [0.717, 1.165) is 0 Å². The molecule has 0 aromatic carbocycles. The van der Waals surface area contributed by atoms with Gasteiger partial charge in [0, 0.05) is 4.48 Å². The largest absolute Gasteiger partial charge is 0.136 e. The monoisotopic (exact) mass is 100 g/mol. The summed E-state index contributed by atoms with van der Waals surface area (Å²) in [6.45, 7) is 0.469. The Labute approximate surface area is 41.7 Å². The summed E-state index contributed by atoms with van der Waals surface area (Å²) in [7, 11) is 0. The van der Waals surface area contributed by atoms with Crippen molar-refractivity contribution in [3.63, 3.8) is 0 Å². The molecule has 0 aliphatic carbocycles. The Kier molecular flexibility index (Phi) is 1.22. The van der Waals surface area contributed by atoms with E-state index in [-0.39, 0.29) is 5.12 Å². The molecule has 0 fully saturated rings. The van der Waals surface area contributed by atoms with Gasteiger partial charge in [-0.25, -0.2) is 0 Å². The maximum Gasteiger partial charge on any atom is 0.136 e. The molecule has 0 aromatic heterocycles. The summed E-state index contributed by atoms with van der Waals surface area (Å²) in [6, 6.07) is 0. The number of hydrogen-bond donors (Lipinski definition) is 1. The Bertz CT molecular complexity index is 107. The van der Waals surface area contributed by atoms with Crippen LogP contribution in [0.1, 0.15) is 0 Å². The molecule has 1 nitrogen and oxygen atoms in total. The van der Waals surface area contributed by atoms with Crippen LogP contribution in [-0.2, 0) is 0 Å². The van der Waals surface area contributed by atoms with Crippen LogP contribution < -0.4 is 5.12 Å². The molecule has 1 heterocycles. The second-order valence-corrected chi connectivity index (χ2v) is 1.44. The maximum absolute atomic E-state index is 12.0. The van der Waals surface area contributed by atoms with Crippen LogP contribution in [0.2, 0.25) is 0 Å². The fourth-order valence-corrected chi connectivity index (χ4v) is 0.487. The third kappa shape index (κ3) is 1.12. The van der Waals surface area contributed by atoms with Gasteiger partial charge in [0.2, 0.25) is 0 Å². The van der Waals surface area contributed by atoms with E-state index < -0.39 is 0 Å². The van der Waals surface area contributed by atoms with E-state index in [1.807, 2.05) is 6.08 Å². The predicted octanol–water partition coefficient (Wildman–Crippen LogP) is -0.161. The molecule has 38 valence electrons. The average Bonchev–Trinajstić information content (AvgIpc) is 1.69. The van der Waals surface area contributed by atoms with Crippen molar-refractivity contribution in [2.45, 2.75) is 0 Å². The van der Waals surface area contributed by atoms with Gasteiger partial charge in [-0.2, -0.15) is 0 Å². The Hall–Kier alpha value is -0.630. The van der Waals surface area contributed by atoms with Gasteiger partial charge in [0.1, 0.15) is 12.7 Å². The molecule has 1 unspecified atom stereocenters. The molecule has 1 rings (SSSR count). The van der Waals surface area contributed by atoms with Crippen LogP contribution in [0.4, 0.5) is 4.48 Å². The lowest BCUT2D eigenvalue weighted by Gasteiger charge is -1.97. The first-order valence-electron chi connectivity index (χ1n) is 2.24. The van der Waals surface area contributed by atoms with Crippen LogP contribution in [0.15, 0.2) is 24.4 Å². The van der Waals surface area contributed by atoms with E-state index in [2.05, 4.69) is 0 Å². The molecule has 2 heteroatoms. The summed E-state index contributed by atoms with van der Waals surface area (Å²) in [4.78, 5) is 0. The Morgan fingerprint density at radius 3 is 2.57 bits per heavy atom. The van der Waals surface area contributed by atoms with Crippen LogP contribution >= 0.6 is 0 Å². The topological polar surface area (TPSA) is 4.44 Å². The quantitative estimate of drug-likeness (QED) is 0.403. The highest BCUT2D eigenvalue weighted by Crippen LogP contribution is 1.75. The fourth-order valence-electron chi connectivity index (χ4n) is 0.487. The van der Waals surface area contributed by atoms with E-state index in [1.54, 1.807) is 12.2 Å². The summed E-state index contributed by atoms with van der Waals surface area (Å²) in [6.07, 6.45) is 6.79. The maximum atomic E-state index is 12.0. The van der Waals surface area contributed by atoms with Gasteiger partial charge in [0.05, 0.1) is 0 Å². The average molecular weight is 100 g/mol. The first-order chi connectivity index (χ1) is 3.39. The van der Waals surface area contributed by atoms with Gasteiger partial charge in [-0.05, 0) is 12.2 Å². The van der Waals surface area contributed by atoms with Crippen molar-refractivity contribution >= 4 is 0 Å². The number of halogens is 1. The normalized spacial score (nSPS) is 28.4. The second-order valence-electron chi connectivity index (χ2n) is 1.44. The third-order valence-corrected chi connectivity index (χ3v) is 0.837. The van der Waals surface area contributed by atoms with Crippen LogP contribution in [-0.4, -0.2) is 6.54 Å². The molecule has 0 spiro atoms. The Balaban J connectivity index is 2.49. The highest BCUT2D eigenvalue weighted by Gasteiger charge is 1.98. The molecule has 0 amide bonds. The fraction of sp³-hybridized carbons (Fsp3) is 0.200. The van der Waals surface area contributed by atoms with E-state index in [9.17, 15) is 4.48 Å². The highest BCUT2D eigenvalue weighted by atomic mass is 19.2. The lowest BCUT2D eigenvalue weighted by Crippen LogP contribution is -2.99. The third-order valence-electron chi connectivity index (χ3n) is 0.837. The molecule has 7 heavy (non-hydrogen) atoms. The highest BCUT2D eigenvalue weighted by molar-refractivity contribution is 5.01. The first-order valence-corrected chi connectivity index (χ1v) is 2.24. The summed E-state index contributed by atoms with van der Waals surface area (Å²) in [5, 5.41) is -0.0532. The van der Waals surface area contributed by atoms with Crippen LogP contribution in [0.3, 0.4) is 0 Å². The van der Waals surface area contributed by atoms with E-state index in [4.69, 9.17) is 0 Å². The SMILES string of the molecule is F[NH+]1C=CC=CC1. The smallest absolute Gasteiger partial charge is 0.111 e. The minimum Gasteiger partial charge on any atom is -0.111 e. The van der Waals surface area contributed by atoms with Crippen LogP contribution in [0.25, 0.3) is 0 Å². The van der Waals surface area contributed by atoms with Gasteiger partial charge in [0.25, 0.3) is 0 Å². The minimum atomic E-state index is -0.0532. The van der Waals surface area contributed by atoms with Crippen molar-refractivity contribution in [3.05, 3.63) is 24.4 Å². The summed E-state index contributed by atoms with van der Waals surface area (Å²) < 4.78 is 12.0. The summed E-state index contributed by atoms with van der Waals surface area (Å²) >= 11 is 0. The van der Waals surface area contributed by atoms with Gasteiger partial charge in [0.15, 0.2) is 0 Å². The van der Waals surface area contributed by atoms with Gasteiger partial charge in [-0.3, -0.25) is 0 Å². The van der Waals surface area contributed by atoms with Gasteiger partial charge in [-0.15, -0.1) is 5.12 Å². The predicted molar refractivity (Wildman–Crippen MR) is 25.2 cm³/mol. The van der Waals surface area contributed by atoms with Gasteiger partial charge < -0.3 is 0 Å². The van der Waals surface area contributed by atoms with Crippen molar-refractivity contribution in [2.24, 2.45) is 0 Å². The summed E-state index contributed by atoms with van der Waals surface area (Å²) in [5.41, 5.74) is 0. The molecular formula is C5H7FN+. The van der Waals surface area contributed by atoms with Crippen molar-refractivity contribution in [3.8, 4) is 0 Å². The molecule has 0 bridgehead atoms. The molecule has 1 N–H and O–H groups in total. The van der Waals surface area contributed by atoms with Crippen LogP contribution in [0.5, 0.6) is 0 Å². The number of hydrogen-bond acceptors (Lipinski definition) is 0. The lowest BCUT2D eigenvalue weighted by atomic mass is 10.4. The van der Waals surface area contributed by atoms with Crippen molar-refractivity contribution in [2.75, 3.05) is 6.54 Å². The van der Waals surface area contributed by atoms with E-state index in [0.29, 0.717) is 6.54 Å².